The Morgan fingerprint density at radius 1 is 1.44 bits per heavy atom. The summed E-state index contributed by atoms with van der Waals surface area (Å²) >= 11 is 2.90. The average Bonchev–Trinajstić information content (AvgIpc) is 3.50. The van der Waals surface area contributed by atoms with Gasteiger partial charge in [0.15, 0.2) is 0 Å². The van der Waals surface area contributed by atoms with Crippen LogP contribution >= 0.6 is 22.7 Å². The number of aryl methyl sites for hydroxylation is 1. The Balaban J connectivity index is 1.35. The Labute approximate surface area is 191 Å². The Hall–Kier alpha value is -3.49. The van der Waals surface area contributed by atoms with E-state index < -0.39 is 6.09 Å². The van der Waals surface area contributed by atoms with Crippen molar-refractivity contribution in [3.63, 3.8) is 0 Å². The number of fused-ring (bicyclic) bond motifs is 1. The van der Waals surface area contributed by atoms with Gasteiger partial charge in [-0.05, 0) is 46.9 Å². The molecule has 0 aromatic carbocycles. The molecule has 0 spiro atoms. The highest BCUT2D eigenvalue weighted by atomic mass is 32.1. The third-order valence-corrected chi connectivity index (χ3v) is 6.64. The summed E-state index contributed by atoms with van der Waals surface area (Å²) in [5.41, 5.74) is 2.34. The number of nitrogens with zero attached hydrogens (tertiary/aromatic N) is 3. The maximum absolute atomic E-state index is 12.3. The molecule has 3 aromatic rings. The van der Waals surface area contributed by atoms with E-state index in [0.717, 1.165) is 16.0 Å². The van der Waals surface area contributed by atoms with Gasteiger partial charge < -0.3 is 19.8 Å². The van der Waals surface area contributed by atoms with Gasteiger partial charge in [-0.25, -0.2) is 4.79 Å². The molecule has 2 amide bonds. The number of rotatable bonds is 6. The van der Waals surface area contributed by atoms with E-state index in [1.165, 1.54) is 17.4 Å². The minimum Gasteiger partial charge on any atom is -0.446 e. The quantitative estimate of drug-likeness (QED) is 0.525. The van der Waals surface area contributed by atoms with E-state index in [4.69, 9.17) is 9.15 Å². The molecule has 9 nitrogen and oxygen atoms in total. The molecule has 0 saturated heterocycles. The van der Waals surface area contributed by atoms with Crippen LogP contribution in [0.5, 0.6) is 0 Å². The molecular weight excluding hydrogens is 450 g/mol. The van der Waals surface area contributed by atoms with E-state index in [-0.39, 0.29) is 18.6 Å². The lowest BCUT2D eigenvalue weighted by Gasteiger charge is -2.22. The number of ether oxygens (including phenoxy) is 1. The number of hydrogen-bond acceptors (Lipinski definition) is 9. The highest BCUT2D eigenvalue weighted by Gasteiger charge is 2.28. The molecule has 1 unspecified atom stereocenters. The van der Waals surface area contributed by atoms with Gasteiger partial charge in [-0.15, -0.1) is 21.5 Å². The van der Waals surface area contributed by atoms with E-state index in [2.05, 4.69) is 26.9 Å². The lowest BCUT2D eigenvalue weighted by Crippen LogP contribution is -2.31. The third kappa shape index (κ3) is 5.22. The summed E-state index contributed by atoms with van der Waals surface area (Å²) in [6.45, 7) is 1.76. The first-order chi connectivity index (χ1) is 15.5. The zero-order chi connectivity index (χ0) is 22.5. The molecule has 0 bridgehead atoms. The molecule has 11 heteroatoms. The number of alkyl carbamates (subject to hydrolysis) is 1. The number of carbonyl (C=O) groups is 2. The predicted octanol–water partition coefficient (Wildman–Crippen LogP) is 3.81. The molecule has 0 aliphatic heterocycles. The Morgan fingerprint density at radius 2 is 2.31 bits per heavy atom. The maximum Gasteiger partial charge on any atom is 0.407 e. The van der Waals surface area contributed by atoms with Gasteiger partial charge in [0.25, 0.3) is 0 Å². The monoisotopic (exact) mass is 469 g/mol. The fourth-order valence-corrected chi connectivity index (χ4v) is 5.20. The molecular formula is C21H19N5O4S2. The molecule has 1 aliphatic carbocycles. The van der Waals surface area contributed by atoms with Gasteiger partial charge in [0.1, 0.15) is 17.2 Å². The van der Waals surface area contributed by atoms with Crippen LogP contribution in [-0.4, -0.2) is 28.3 Å². The van der Waals surface area contributed by atoms with E-state index in [0.29, 0.717) is 41.6 Å². The van der Waals surface area contributed by atoms with Crippen molar-refractivity contribution in [3.05, 3.63) is 56.3 Å². The van der Waals surface area contributed by atoms with Gasteiger partial charge in [0, 0.05) is 24.3 Å². The van der Waals surface area contributed by atoms with Gasteiger partial charge in [0.05, 0.1) is 12.1 Å². The van der Waals surface area contributed by atoms with Crippen molar-refractivity contribution >= 4 is 45.8 Å². The normalized spacial score (nSPS) is 15.2. The molecule has 32 heavy (non-hydrogen) atoms. The molecule has 1 atom stereocenters. The largest absolute Gasteiger partial charge is 0.446 e. The smallest absolute Gasteiger partial charge is 0.407 e. The number of nitriles is 1. The zero-order valence-corrected chi connectivity index (χ0v) is 18.7. The summed E-state index contributed by atoms with van der Waals surface area (Å²) in [6.07, 6.45) is 3.96. The topological polar surface area (TPSA) is 130 Å². The van der Waals surface area contributed by atoms with E-state index in [9.17, 15) is 14.9 Å². The number of carbonyl (C=O) groups excluding carboxylic acids is 2. The Kier molecular flexibility index (Phi) is 6.63. The minimum atomic E-state index is -0.571. The molecule has 0 saturated carbocycles. The van der Waals surface area contributed by atoms with Crippen molar-refractivity contribution < 1.29 is 18.7 Å². The fourth-order valence-electron chi connectivity index (χ4n) is 3.31. The lowest BCUT2D eigenvalue weighted by molar-refractivity contribution is -0.111. The average molecular weight is 470 g/mol. The fraction of sp³-hybridized carbons (Fsp3) is 0.286. The molecule has 0 fully saturated rings. The molecule has 3 aromatic heterocycles. The van der Waals surface area contributed by atoms with Crippen molar-refractivity contribution in [2.24, 2.45) is 0 Å². The highest BCUT2D eigenvalue weighted by molar-refractivity contribution is 7.16. The summed E-state index contributed by atoms with van der Waals surface area (Å²) in [5.74, 6) is 0.427. The lowest BCUT2D eigenvalue weighted by atomic mass is 9.94. The minimum absolute atomic E-state index is 0.0876. The van der Waals surface area contributed by atoms with Crippen LogP contribution in [-0.2, 0) is 28.9 Å². The summed E-state index contributed by atoms with van der Waals surface area (Å²) < 4.78 is 10.7. The van der Waals surface area contributed by atoms with Crippen molar-refractivity contribution in [1.29, 1.82) is 5.26 Å². The molecule has 164 valence electrons. The van der Waals surface area contributed by atoms with E-state index >= 15 is 0 Å². The second-order valence-corrected chi connectivity index (χ2v) is 8.92. The standard InChI is InChI=1S/C21H19N5O4S2/c1-12-25-26-19(29-12)10-23-21(28)30-14-3-4-15-16(9-22)20(32-17(15)8-14)24-18(27)5-2-13-6-7-31-11-13/h2,5-7,11,14H,3-4,8,10H2,1H3,(H,23,28)(H,24,27)/b5-2+. The van der Waals surface area contributed by atoms with Crippen molar-refractivity contribution in [1.82, 2.24) is 15.5 Å². The van der Waals surface area contributed by atoms with Gasteiger partial charge in [-0.3, -0.25) is 4.79 Å². The zero-order valence-electron chi connectivity index (χ0n) is 17.1. The Bertz CT molecular complexity index is 1190. The SMILES string of the molecule is Cc1nnc(CNC(=O)OC2CCc3c(sc(NC(=O)/C=C/c4ccsc4)c3C#N)C2)o1. The van der Waals surface area contributed by atoms with Gasteiger partial charge in [-0.2, -0.15) is 16.6 Å². The number of nitrogens with one attached hydrogen (secondary N) is 2. The van der Waals surface area contributed by atoms with Crippen LogP contribution in [0.3, 0.4) is 0 Å². The summed E-state index contributed by atoms with van der Waals surface area (Å²) in [6, 6.07) is 4.12. The number of aromatic nitrogens is 2. The molecule has 1 aliphatic rings. The number of thiophene rings is 2. The summed E-state index contributed by atoms with van der Waals surface area (Å²) in [7, 11) is 0. The van der Waals surface area contributed by atoms with Gasteiger partial charge in [-0.1, -0.05) is 0 Å². The summed E-state index contributed by atoms with van der Waals surface area (Å²) in [4.78, 5) is 25.3. The second-order valence-electron chi connectivity index (χ2n) is 7.04. The molecule has 4 rings (SSSR count). The van der Waals surface area contributed by atoms with Crippen LogP contribution in [0.4, 0.5) is 9.80 Å². The van der Waals surface area contributed by atoms with E-state index in [1.807, 2.05) is 16.8 Å². The summed E-state index contributed by atoms with van der Waals surface area (Å²) in [5, 5.41) is 26.9. The third-order valence-electron chi connectivity index (χ3n) is 4.76. The number of anilines is 1. The predicted molar refractivity (Wildman–Crippen MR) is 119 cm³/mol. The van der Waals surface area contributed by atoms with Crippen LogP contribution in [0.25, 0.3) is 6.08 Å². The van der Waals surface area contributed by atoms with Crippen molar-refractivity contribution in [3.8, 4) is 6.07 Å². The van der Waals surface area contributed by atoms with Crippen LogP contribution in [0.1, 0.15) is 39.8 Å². The first-order valence-electron chi connectivity index (χ1n) is 9.81. The van der Waals surface area contributed by atoms with Crippen LogP contribution < -0.4 is 10.6 Å². The van der Waals surface area contributed by atoms with Crippen molar-refractivity contribution in [2.45, 2.75) is 38.8 Å². The second kappa shape index (κ2) is 9.76. The van der Waals surface area contributed by atoms with Crippen LogP contribution in [0.15, 0.2) is 27.3 Å². The molecule has 0 radical (unpaired) electrons. The molecule has 3 heterocycles. The van der Waals surface area contributed by atoms with E-state index in [1.54, 1.807) is 24.3 Å². The van der Waals surface area contributed by atoms with Crippen molar-refractivity contribution in [2.75, 3.05) is 5.32 Å². The first kappa shape index (κ1) is 21.7. The molecule has 2 N–H and O–H groups in total. The van der Waals surface area contributed by atoms with Crippen LogP contribution in [0, 0.1) is 18.3 Å². The highest BCUT2D eigenvalue weighted by Crippen LogP contribution is 2.38. The van der Waals surface area contributed by atoms with Crippen LogP contribution in [0.2, 0.25) is 0 Å². The first-order valence-corrected chi connectivity index (χ1v) is 11.6. The number of amides is 2. The Morgan fingerprint density at radius 3 is 3.03 bits per heavy atom. The van der Waals surface area contributed by atoms with Gasteiger partial charge >= 0.3 is 6.09 Å². The maximum atomic E-state index is 12.3. The van der Waals surface area contributed by atoms with Gasteiger partial charge in [0.2, 0.25) is 17.7 Å². The number of hydrogen-bond donors (Lipinski definition) is 2.